The van der Waals surface area contributed by atoms with Crippen molar-refractivity contribution in [1.29, 1.82) is 0 Å². The maximum absolute atomic E-state index is 11.3. The van der Waals surface area contributed by atoms with Crippen LogP contribution in [0.15, 0.2) is 29.6 Å². The lowest BCUT2D eigenvalue weighted by Crippen LogP contribution is -2.12. The van der Waals surface area contributed by atoms with E-state index in [9.17, 15) is 4.79 Å². The van der Waals surface area contributed by atoms with Crippen molar-refractivity contribution >= 4 is 22.2 Å². The largest absolute Gasteiger partial charge is 0.390 e. The maximum Gasteiger partial charge on any atom is 0.252 e. The van der Waals surface area contributed by atoms with Gasteiger partial charge in [-0.15, -0.1) is 11.3 Å². The standard InChI is InChI=1S/C13H14N2OS/c1-2-8-3-5-9(6-4-8)10-7-17-13(15)11(10)12(14)16/h3-7H,2,15H2,1H3,(H2,14,16). The molecule has 2 aromatic rings. The van der Waals surface area contributed by atoms with Gasteiger partial charge >= 0.3 is 0 Å². The van der Waals surface area contributed by atoms with Crippen molar-refractivity contribution in [1.82, 2.24) is 0 Å². The van der Waals surface area contributed by atoms with E-state index in [2.05, 4.69) is 6.92 Å². The van der Waals surface area contributed by atoms with Crippen molar-refractivity contribution < 1.29 is 4.79 Å². The number of carbonyl (C=O) groups is 1. The van der Waals surface area contributed by atoms with E-state index < -0.39 is 5.91 Å². The third-order valence-corrected chi connectivity index (χ3v) is 3.55. The Morgan fingerprint density at radius 1 is 1.29 bits per heavy atom. The third kappa shape index (κ3) is 2.17. The number of aryl methyl sites for hydroxylation is 1. The van der Waals surface area contributed by atoms with Crippen LogP contribution in [0.25, 0.3) is 11.1 Å². The number of rotatable bonds is 3. The summed E-state index contributed by atoms with van der Waals surface area (Å²) < 4.78 is 0. The van der Waals surface area contributed by atoms with E-state index in [1.54, 1.807) is 0 Å². The van der Waals surface area contributed by atoms with Crippen molar-refractivity contribution in [2.75, 3.05) is 5.73 Å². The Hall–Kier alpha value is -1.81. The fourth-order valence-electron chi connectivity index (χ4n) is 1.76. The zero-order chi connectivity index (χ0) is 12.4. The number of primary amides is 1. The molecule has 1 aromatic carbocycles. The van der Waals surface area contributed by atoms with Crippen LogP contribution in [0.1, 0.15) is 22.8 Å². The summed E-state index contributed by atoms with van der Waals surface area (Å²) in [6, 6.07) is 8.08. The number of amides is 1. The minimum Gasteiger partial charge on any atom is -0.390 e. The first kappa shape index (κ1) is 11.7. The van der Waals surface area contributed by atoms with Crippen LogP contribution in [0.5, 0.6) is 0 Å². The zero-order valence-electron chi connectivity index (χ0n) is 9.57. The minimum absolute atomic E-state index is 0.430. The molecular weight excluding hydrogens is 232 g/mol. The molecular formula is C13H14N2OS. The first-order chi connectivity index (χ1) is 8.13. The number of nitrogens with two attached hydrogens (primary N) is 2. The quantitative estimate of drug-likeness (QED) is 0.874. The van der Waals surface area contributed by atoms with Gasteiger partial charge < -0.3 is 11.5 Å². The normalized spacial score (nSPS) is 10.4. The topological polar surface area (TPSA) is 69.1 Å². The number of anilines is 1. The maximum atomic E-state index is 11.3. The van der Waals surface area contributed by atoms with Crippen LogP contribution >= 0.6 is 11.3 Å². The number of hydrogen-bond acceptors (Lipinski definition) is 3. The molecule has 0 aliphatic carbocycles. The Morgan fingerprint density at radius 2 is 1.94 bits per heavy atom. The molecule has 0 aliphatic heterocycles. The van der Waals surface area contributed by atoms with Crippen molar-refractivity contribution in [3.8, 4) is 11.1 Å². The zero-order valence-corrected chi connectivity index (χ0v) is 10.4. The first-order valence-corrected chi connectivity index (χ1v) is 6.27. The molecule has 0 fully saturated rings. The van der Waals surface area contributed by atoms with E-state index in [0.29, 0.717) is 10.6 Å². The van der Waals surface area contributed by atoms with Gasteiger partial charge in [0.05, 0.1) is 10.6 Å². The molecule has 0 radical (unpaired) electrons. The number of benzene rings is 1. The van der Waals surface area contributed by atoms with Crippen LogP contribution in [0.4, 0.5) is 5.00 Å². The van der Waals surface area contributed by atoms with Crippen LogP contribution in [0.3, 0.4) is 0 Å². The average molecular weight is 246 g/mol. The highest BCUT2D eigenvalue weighted by molar-refractivity contribution is 7.15. The number of thiophene rings is 1. The predicted molar refractivity (Wildman–Crippen MR) is 72.1 cm³/mol. The highest BCUT2D eigenvalue weighted by atomic mass is 32.1. The fourth-order valence-corrected chi connectivity index (χ4v) is 2.59. The Labute approximate surface area is 104 Å². The van der Waals surface area contributed by atoms with Crippen molar-refractivity contribution in [3.05, 3.63) is 40.8 Å². The van der Waals surface area contributed by atoms with Gasteiger partial charge in [-0.2, -0.15) is 0 Å². The molecule has 0 bridgehead atoms. The van der Waals surface area contributed by atoms with Gasteiger partial charge in [-0.3, -0.25) is 4.79 Å². The van der Waals surface area contributed by atoms with Gasteiger partial charge in [-0.05, 0) is 17.5 Å². The molecule has 0 spiro atoms. The first-order valence-electron chi connectivity index (χ1n) is 5.39. The number of hydrogen-bond donors (Lipinski definition) is 2. The number of nitrogen functional groups attached to an aromatic ring is 1. The summed E-state index contributed by atoms with van der Waals surface area (Å²) in [6.07, 6.45) is 0.995. The molecule has 1 heterocycles. The van der Waals surface area contributed by atoms with E-state index in [-0.39, 0.29) is 0 Å². The predicted octanol–water partition coefficient (Wildman–Crippen LogP) is 2.66. The summed E-state index contributed by atoms with van der Waals surface area (Å²) in [5, 5.41) is 2.35. The number of carbonyl (C=O) groups excluding carboxylic acids is 1. The smallest absolute Gasteiger partial charge is 0.252 e. The summed E-state index contributed by atoms with van der Waals surface area (Å²) in [5.41, 5.74) is 14.6. The van der Waals surface area contributed by atoms with Crippen molar-refractivity contribution in [3.63, 3.8) is 0 Å². The SMILES string of the molecule is CCc1ccc(-c2csc(N)c2C(N)=O)cc1. The van der Waals surface area contributed by atoms with Crippen molar-refractivity contribution in [2.45, 2.75) is 13.3 Å². The second kappa shape index (κ2) is 4.59. The Balaban J connectivity index is 2.49. The van der Waals surface area contributed by atoms with Crippen LogP contribution in [0.2, 0.25) is 0 Å². The average Bonchev–Trinajstić information content (AvgIpc) is 2.71. The lowest BCUT2D eigenvalue weighted by atomic mass is 10.0. The third-order valence-electron chi connectivity index (χ3n) is 2.74. The molecule has 1 amide bonds. The molecule has 0 unspecified atom stereocenters. The molecule has 3 nitrogen and oxygen atoms in total. The van der Waals surface area contributed by atoms with Gasteiger partial charge in [0, 0.05) is 10.9 Å². The lowest BCUT2D eigenvalue weighted by molar-refractivity contribution is 0.100. The molecule has 4 N–H and O–H groups in total. The highest BCUT2D eigenvalue weighted by Crippen LogP contribution is 2.33. The Bertz CT molecular complexity index is 543. The Morgan fingerprint density at radius 3 is 2.47 bits per heavy atom. The highest BCUT2D eigenvalue weighted by Gasteiger charge is 2.15. The van der Waals surface area contributed by atoms with Gasteiger partial charge in [0.2, 0.25) is 0 Å². The van der Waals surface area contributed by atoms with Gasteiger partial charge in [0.25, 0.3) is 5.91 Å². The van der Waals surface area contributed by atoms with Crippen LogP contribution in [-0.4, -0.2) is 5.91 Å². The van der Waals surface area contributed by atoms with Gasteiger partial charge in [-0.1, -0.05) is 31.2 Å². The Kier molecular flexibility index (Phi) is 3.15. The lowest BCUT2D eigenvalue weighted by Gasteiger charge is -2.03. The van der Waals surface area contributed by atoms with E-state index in [4.69, 9.17) is 11.5 Å². The molecule has 88 valence electrons. The fraction of sp³-hybridized carbons (Fsp3) is 0.154. The van der Waals surface area contributed by atoms with Crippen molar-refractivity contribution in [2.24, 2.45) is 5.73 Å². The van der Waals surface area contributed by atoms with Gasteiger partial charge in [0.1, 0.15) is 0 Å². The monoisotopic (exact) mass is 246 g/mol. The van der Waals surface area contributed by atoms with E-state index in [0.717, 1.165) is 17.5 Å². The minimum atomic E-state index is -0.474. The molecule has 0 atom stereocenters. The van der Waals surface area contributed by atoms with Crippen LogP contribution < -0.4 is 11.5 Å². The molecule has 0 saturated heterocycles. The molecule has 0 aliphatic rings. The van der Waals surface area contributed by atoms with E-state index in [1.807, 2.05) is 29.6 Å². The summed E-state index contributed by atoms with van der Waals surface area (Å²) in [5.74, 6) is -0.474. The molecule has 4 heteroatoms. The van der Waals surface area contributed by atoms with Gasteiger partial charge in [-0.25, -0.2) is 0 Å². The second-order valence-corrected chi connectivity index (χ2v) is 4.71. The molecule has 17 heavy (non-hydrogen) atoms. The van der Waals surface area contributed by atoms with Crippen LogP contribution in [-0.2, 0) is 6.42 Å². The van der Waals surface area contributed by atoms with Crippen LogP contribution in [0, 0.1) is 0 Å². The summed E-state index contributed by atoms with van der Waals surface area (Å²) >= 11 is 1.34. The molecule has 2 rings (SSSR count). The second-order valence-electron chi connectivity index (χ2n) is 3.80. The van der Waals surface area contributed by atoms with E-state index in [1.165, 1.54) is 16.9 Å². The summed E-state index contributed by atoms with van der Waals surface area (Å²) in [4.78, 5) is 11.3. The van der Waals surface area contributed by atoms with E-state index >= 15 is 0 Å². The molecule has 1 aromatic heterocycles. The summed E-state index contributed by atoms with van der Waals surface area (Å²) in [6.45, 7) is 2.10. The summed E-state index contributed by atoms with van der Waals surface area (Å²) in [7, 11) is 0. The van der Waals surface area contributed by atoms with Gasteiger partial charge in [0.15, 0.2) is 0 Å². The molecule has 0 saturated carbocycles.